The van der Waals surface area contributed by atoms with Crippen molar-refractivity contribution in [2.75, 3.05) is 33.5 Å². The van der Waals surface area contributed by atoms with E-state index in [1.165, 1.54) is 57.0 Å². The summed E-state index contributed by atoms with van der Waals surface area (Å²) in [5.74, 6) is -3.22. The zero-order valence-electron chi connectivity index (χ0n) is 32.9. The van der Waals surface area contributed by atoms with Crippen molar-refractivity contribution >= 4 is 29.8 Å². The highest BCUT2D eigenvalue weighted by molar-refractivity contribution is 5.99. The molecule has 2 heterocycles. The highest BCUT2D eigenvalue weighted by atomic mass is 16.6. The second-order valence-electron chi connectivity index (χ2n) is 13.8. The quantitative estimate of drug-likeness (QED) is 0.0403. The van der Waals surface area contributed by atoms with E-state index in [0.29, 0.717) is 32.1 Å². The molecule has 0 saturated carbocycles. The van der Waals surface area contributed by atoms with Gasteiger partial charge in [-0.25, -0.2) is 14.0 Å². The number of aryl methyl sites for hydroxylation is 1. The van der Waals surface area contributed by atoms with Gasteiger partial charge in [0.05, 0.1) is 52.5 Å². The van der Waals surface area contributed by atoms with Crippen LogP contribution in [0.25, 0.3) is 0 Å². The van der Waals surface area contributed by atoms with Crippen molar-refractivity contribution in [1.82, 2.24) is 19.6 Å². The first-order valence-corrected chi connectivity index (χ1v) is 19.3. The molecule has 0 aromatic carbocycles. The van der Waals surface area contributed by atoms with Crippen LogP contribution in [0.5, 0.6) is 0 Å². The average molecular weight is 765 g/mol. The molecule has 0 fully saturated rings. The van der Waals surface area contributed by atoms with Gasteiger partial charge in [-0.2, -0.15) is 4.57 Å². The van der Waals surface area contributed by atoms with Gasteiger partial charge in [0.25, 0.3) is 0 Å². The lowest BCUT2D eigenvalue weighted by Gasteiger charge is -2.24. The first-order valence-electron chi connectivity index (χ1n) is 19.3. The van der Waals surface area contributed by atoms with Gasteiger partial charge < -0.3 is 28.8 Å². The maximum absolute atomic E-state index is 13.4. The molecule has 1 N–H and O–H groups in total. The molecule has 0 amide bonds. The Morgan fingerprint density at radius 2 is 1.44 bits per heavy atom. The largest absolute Gasteiger partial charge is 0.469 e. The molecular weight excluding hydrogens is 702 g/mol. The summed E-state index contributed by atoms with van der Waals surface area (Å²) in [5.41, 5.74) is -1.54. The van der Waals surface area contributed by atoms with Gasteiger partial charge >= 0.3 is 29.8 Å². The predicted molar refractivity (Wildman–Crippen MR) is 194 cm³/mol. The Morgan fingerprint density at radius 3 is 2.04 bits per heavy atom. The van der Waals surface area contributed by atoms with Crippen LogP contribution in [0.1, 0.15) is 135 Å². The molecular formula is C38H62N5O11+. The van der Waals surface area contributed by atoms with Crippen LogP contribution in [-0.4, -0.2) is 88.1 Å². The fraction of sp³-hybridized carbons (Fsp3) is 0.737. The van der Waals surface area contributed by atoms with Crippen LogP contribution in [0.2, 0.25) is 0 Å². The Hall–Kier alpha value is -4.34. The molecule has 0 aliphatic rings. The van der Waals surface area contributed by atoms with Crippen LogP contribution in [0.3, 0.4) is 0 Å². The number of carbonyl (C=O) groups is 5. The van der Waals surface area contributed by atoms with E-state index in [2.05, 4.69) is 22.0 Å². The van der Waals surface area contributed by atoms with Crippen molar-refractivity contribution in [2.45, 2.75) is 136 Å². The van der Waals surface area contributed by atoms with E-state index in [9.17, 15) is 24.0 Å². The highest BCUT2D eigenvalue weighted by Crippen LogP contribution is 2.27. The van der Waals surface area contributed by atoms with Gasteiger partial charge in [-0.3, -0.25) is 19.2 Å². The number of methoxy groups -OCH3 is 1. The Bertz CT molecular complexity index is 1430. The molecule has 3 unspecified atom stereocenters. The molecule has 2 aromatic heterocycles. The number of hydrogen-bond donors (Lipinski definition) is 1. The van der Waals surface area contributed by atoms with Crippen molar-refractivity contribution in [3.05, 3.63) is 30.6 Å². The number of esters is 5. The fourth-order valence-electron chi connectivity index (χ4n) is 5.51. The average Bonchev–Trinajstić information content (AvgIpc) is 3.82. The standard InChI is InChI=1S/C38H62N5O11/c1-6-7-8-9-10-11-12-13-18-32(42-22-21-41(4)29-42)54-35(47)30(2)43-28-31(39-40-43)27-38(3,36(48)52-25-15-14-23-44)37(49)53-26-17-16-24-51-34(46)20-19-33(45)50-5/h21-22,28-30,32,44H,6-20,23-27H2,1-5H3/q+1. The van der Waals surface area contributed by atoms with Crippen LogP contribution in [-0.2, 0) is 61.1 Å². The molecule has 16 nitrogen and oxygen atoms in total. The number of aromatic nitrogens is 5. The molecule has 0 bridgehead atoms. The molecule has 3 atom stereocenters. The van der Waals surface area contributed by atoms with Gasteiger partial charge in [0.1, 0.15) is 18.4 Å². The summed E-state index contributed by atoms with van der Waals surface area (Å²) < 4.78 is 31.5. The Labute approximate surface area is 318 Å². The minimum absolute atomic E-state index is 0.00126. The van der Waals surface area contributed by atoms with Gasteiger partial charge in [-0.05, 0) is 46.0 Å². The monoisotopic (exact) mass is 764 g/mol. The first-order chi connectivity index (χ1) is 25.9. The smallest absolute Gasteiger partial charge is 0.334 e. The van der Waals surface area contributed by atoms with E-state index in [4.69, 9.17) is 24.1 Å². The van der Waals surface area contributed by atoms with Crippen molar-refractivity contribution in [3.63, 3.8) is 0 Å². The number of carbonyl (C=O) groups excluding carboxylic acids is 5. The third-order valence-corrected chi connectivity index (χ3v) is 8.99. The molecule has 0 spiro atoms. The summed E-state index contributed by atoms with van der Waals surface area (Å²) >= 11 is 0. The third kappa shape index (κ3) is 16.8. The van der Waals surface area contributed by atoms with Crippen molar-refractivity contribution < 1.29 is 57.3 Å². The van der Waals surface area contributed by atoms with E-state index in [1.54, 1.807) is 6.92 Å². The van der Waals surface area contributed by atoms with Crippen LogP contribution in [0, 0.1) is 5.41 Å². The normalized spacial score (nSPS) is 13.4. The number of aliphatic hydroxyl groups excluding tert-OH is 1. The number of rotatable bonds is 29. The van der Waals surface area contributed by atoms with E-state index in [-0.39, 0.29) is 51.4 Å². The Morgan fingerprint density at radius 1 is 0.852 bits per heavy atom. The second-order valence-corrected chi connectivity index (χ2v) is 13.8. The number of aliphatic hydroxyl groups is 1. The van der Waals surface area contributed by atoms with Gasteiger partial charge in [-0.15, -0.1) is 5.10 Å². The summed E-state index contributed by atoms with van der Waals surface area (Å²) in [6, 6.07) is -0.852. The second kappa shape index (κ2) is 25.6. The van der Waals surface area contributed by atoms with Gasteiger partial charge in [-0.1, -0.05) is 57.1 Å². The topological polar surface area (TPSA) is 191 Å². The molecule has 16 heteroatoms. The third-order valence-electron chi connectivity index (χ3n) is 8.99. The van der Waals surface area contributed by atoms with Crippen molar-refractivity contribution in [3.8, 4) is 0 Å². The van der Waals surface area contributed by atoms with E-state index in [1.807, 2.05) is 34.9 Å². The number of hydrogen-bond acceptors (Lipinski definition) is 13. The lowest BCUT2D eigenvalue weighted by molar-refractivity contribution is -0.671. The minimum atomic E-state index is -1.80. The first kappa shape index (κ1) is 45.8. The molecule has 0 aliphatic heterocycles. The van der Waals surface area contributed by atoms with Crippen LogP contribution in [0.15, 0.2) is 24.9 Å². The van der Waals surface area contributed by atoms with Crippen molar-refractivity contribution in [1.29, 1.82) is 0 Å². The van der Waals surface area contributed by atoms with Crippen LogP contribution < -0.4 is 4.57 Å². The maximum atomic E-state index is 13.4. The fourth-order valence-corrected chi connectivity index (χ4v) is 5.51. The minimum Gasteiger partial charge on any atom is -0.469 e. The number of unbranched alkanes of at least 4 members (excludes halogenated alkanes) is 9. The predicted octanol–water partition coefficient (Wildman–Crippen LogP) is 4.42. The molecule has 2 rings (SSSR count). The van der Waals surface area contributed by atoms with Crippen molar-refractivity contribution in [2.24, 2.45) is 12.5 Å². The Kier molecular flexibility index (Phi) is 21.8. The van der Waals surface area contributed by atoms with E-state index >= 15 is 0 Å². The summed E-state index contributed by atoms with van der Waals surface area (Å²) in [6.45, 7) is 5.19. The molecule has 54 heavy (non-hydrogen) atoms. The summed E-state index contributed by atoms with van der Waals surface area (Å²) in [5, 5.41) is 17.4. The number of nitrogens with zero attached hydrogens (tertiary/aromatic N) is 5. The lowest BCUT2D eigenvalue weighted by Crippen LogP contribution is -2.41. The number of imidazole rings is 1. The Balaban J connectivity index is 2.02. The number of ether oxygens (including phenoxy) is 5. The highest BCUT2D eigenvalue weighted by Gasteiger charge is 2.45. The molecule has 0 saturated heterocycles. The molecule has 304 valence electrons. The van der Waals surface area contributed by atoms with Gasteiger partial charge in [0.2, 0.25) is 12.6 Å². The lowest BCUT2D eigenvalue weighted by atomic mass is 9.85. The van der Waals surface area contributed by atoms with Gasteiger partial charge in [0, 0.05) is 25.6 Å². The molecule has 0 radical (unpaired) electrons. The van der Waals surface area contributed by atoms with Crippen LogP contribution in [0.4, 0.5) is 0 Å². The van der Waals surface area contributed by atoms with E-state index < -0.39 is 47.5 Å². The SMILES string of the molecule is CCCCCCCCCCC(OC(=O)C(C)n1cc(CC(C)(C(=O)OCCCCO)C(=O)OCCCCOC(=O)CCC(=O)OC)nn1)n1cc[n+](C)c1. The van der Waals surface area contributed by atoms with Gasteiger partial charge in [0.15, 0.2) is 5.41 Å². The summed E-state index contributed by atoms with van der Waals surface area (Å²) in [4.78, 5) is 63.1. The summed E-state index contributed by atoms with van der Waals surface area (Å²) in [7, 11) is 3.14. The zero-order chi connectivity index (χ0) is 39.8. The van der Waals surface area contributed by atoms with E-state index in [0.717, 1.165) is 19.3 Å². The maximum Gasteiger partial charge on any atom is 0.334 e. The van der Waals surface area contributed by atoms with Crippen LogP contribution >= 0.6 is 0 Å². The summed E-state index contributed by atoms with van der Waals surface area (Å²) in [6.07, 6.45) is 17.7. The zero-order valence-corrected chi connectivity index (χ0v) is 32.9. The molecule has 0 aliphatic carbocycles. The molecule has 2 aromatic rings.